The van der Waals surface area contributed by atoms with E-state index in [-0.39, 0.29) is 5.41 Å². The monoisotopic (exact) mass is 188 g/mol. The quantitative estimate of drug-likeness (QED) is 0.718. The zero-order valence-corrected chi connectivity index (χ0v) is 9.68. The number of hydrogen-bond donors (Lipinski definition) is 1. The van der Waals surface area contributed by atoms with Gasteiger partial charge in [0, 0.05) is 6.61 Å². The average molecular weight is 188 g/mol. The maximum atomic E-state index is 9.88. The van der Waals surface area contributed by atoms with Gasteiger partial charge in [0.25, 0.3) is 0 Å². The molecule has 0 bridgehead atoms. The summed E-state index contributed by atoms with van der Waals surface area (Å²) in [7, 11) is 0. The number of ether oxygens (including phenoxy) is 1. The largest absolute Gasteiger partial charge is 0.388 e. The molecule has 0 aromatic rings. The second kappa shape index (κ2) is 4.97. The van der Waals surface area contributed by atoms with Crippen molar-refractivity contribution in [3.05, 3.63) is 0 Å². The lowest BCUT2D eigenvalue weighted by atomic mass is 9.86. The van der Waals surface area contributed by atoms with Crippen LogP contribution in [0.5, 0.6) is 0 Å². The minimum atomic E-state index is -0.663. The summed E-state index contributed by atoms with van der Waals surface area (Å²) in [5.74, 6) is 0. The van der Waals surface area contributed by atoms with Crippen molar-refractivity contribution in [3.63, 3.8) is 0 Å². The number of rotatable bonds is 5. The van der Waals surface area contributed by atoms with Crippen LogP contribution in [0, 0.1) is 5.41 Å². The summed E-state index contributed by atoms with van der Waals surface area (Å²) in [6.07, 6.45) is 1.82. The van der Waals surface area contributed by atoms with E-state index in [1.807, 2.05) is 13.8 Å². The molecule has 0 amide bonds. The summed E-state index contributed by atoms with van der Waals surface area (Å²) >= 11 is 0. The fraction of sp³-hybridized carbons (Fsp3) is 1.00. The first-order valence-electron chi connectivity index (χ1n) is 5.07. The molecule has 1 N–H and O–H groups in total. The highest BCUT2D eigenvalue weighted by molar-refractivity contribution is 4.75. The Morgan fingerprint density at radius 2 is 1.62 bits per heavy atom. The van der Waals surface area contributed by atoms with E-state index in [4.69, 9.17) is 4.74 Å². The lowest BCUT2D eigenvalue weighted by Crippen LogP contribution is -2.32. The van der Waals surface area contributed by atoms with Gasteiger partial charge in [0.1, 0.15) is 0 Å². The average Bonchev–Trinajstić information content (AvgIpc) is 1.97. The lowest BCUT2D eigenvalue weighted by molar-refractivity contribution is -0.0411. The normalized spacial score (nSPS) is 17.1. The molecule has 1 unspecified atom stereocenters. The molecule has 0 rings (SSSR count). The predicted octanol–water partition coefficient (Wildman–Crippen LogP) is 2.60. The van der Waals surface area contributed by atoms with Crippen molar-refractivity contribution in [2.45, 2.75) is 53.1 Å². The first kappa shape index (κ1) is 12.9. The Morgan fingerprint density at radius 3 is 2.00 bits per heavy atom. The summed E-state index contributed by atoms with van der Waals surface area (Å²) in [6.45, 7) is 11.5. The molecule has 0 aliphatic rings. The van der Waals surface area contributed by atoms with Crippen LogP contribution in [0.15, 0.2) is 0 Å². The molecule has 0 aliphatic heterocycles. The molecule has 0 aromatic heterocycles. The van der Waals surface area contributed by atoms with Gasteiger partial charge in [-0.25, -0.2) is 0 Å². The molecule has 0 spiro atoms. The second-order valence-electron chi connectivity index (χ2n) is 5.19. The third-order valence-electron chi connectivity index (χ3n) is 2.03. The second-order valence-corrected chi connectivity index (χ2v) is 5.19. The third kappa shape index (κ3) is 8.26. The zero-order valence-electron chi connectivity index (χ0n) is 9.68. The molecule has 0 fully saturated rings. The molecular formula is C11H24O2. The maximum Gasteiger partial charge on any atom is 0.0852 e. The maximum absolute atomic E-state index is 9.88. The van der Waals surface area contributed by atoms with Crippen molar-refractivity contribution in [2.24, 2.45) is 5.41 Å². The van der Waals surface area contributed by atoms with E-state index >= 15 is 0 Å². The summed E-state index contributed by atoms with van der Waals surface area (Å²) in [5.41, 5.74) is -0.376. The van der Waals surface area contributed by atoms with Gasteiger partial charge in [-0.1, -0.05) is 20.8 Å². The van der Waals surface area contributed by atoms with Crippen LogP contribution < -0.4 is 0 Å². The van der Waals surface area contributed by atoms with Crippen molar-refractivity contribution < 1.29 is 9.84 Å². The van der Waals surface area contributed by atoms with Crippen LogP contribution in [0.2, 0.25) is 0 Å². The Morgan fingerprint density at radius 1 is 1.08 bits per heavy atom. The van der Waals surface area contributed by atoms with Crippen LogP contribution in [-0.2, 0) is 4.74 Å². The van der Waals surface area contributed by atoms with Crippen LogP contribution in [0.25, 0.3) is 0 Å². The molecule has 0 aliphatic carbocycles. The van der Waals surface area contributed by atoms with Gasteiger partial charge in [-0.15, -0.1) is 0 Å². The Balaban J connectivity index is 3.75. The summed E-state index contributed by atoms with van der Waals surface area (Å²) in [5, 5.41) is 9.88. The summed E-state index contributed by atoms with van der Waals surface area (Å²) < 4.78 is 5.21. The first-order chi connectivity index (χ1) is 5.77. The van der Waals surface area contributed by atoms with Crippen molar-refractivity contribution in [1.82, 2.24) is 0 Å². The topological polar surface area (TPSA) is 29.5 Å². The minimum Gasteiger partial charge on any atom is -0.388 e. The smallest absolute Gasteiger partial charge is 0.0852 e. The van der Waals surface area contributed by atoms with Crippen LogP contribution in [0.4, 0.5) is 0 Å². The van der Waals surface area contributed by atoms with Gasteiger partial charge in [-0.3, -0.25) is 0 Å². The van der Waals surface area contributed by atoms with Crippen LogP contribution >= 0.6 is 0 Å². The van der Waals surface area contributed by atoms with E-state index in [9.17, 15) is 5.11 Å². The predicted molar refractivity (Wildman–Crippen MR) is 55.8 cm³/mol. The minimum absolute atomic E-state index is 0.288. The van der Waals surface area contributed by atoms with Gasteiger partial charge < -0.3 is 9.84 Å². The van der Waals surface area contributed by atoms with Crippen LogP contribution in [-0.4, -0.2) is 23.9 Å². The fourth-order valence-electron chi connectivity index (χ4n) is 1.04. The number of aliphatic hydroxyl groups is 1. The first-order valence-corrected chi connectivity index (χ1v) is 5.07. The van der Waals surface area contributed by atoms with Crippen molar-refractivity contribution in [3.8, 4) is 0 Å². The Bertz CT molecular complexity index is 134. The van der Waals surface area contributed by atoms with Crippen LogP contribution in [0.3, 0.4) is 0 Å². The zero-order chi connectivity index (χ0) is 10.5. The van der Waals surface area contributed by atoms with E-state index in [0.29, 0.717) is 13.2 Å². The standard InChI is InChI=1S/C11H24O2/c1-6-13-9-11(5,12)8-7-10(2,3)4/h12H,6-9H2,1-5H3. The molecule has 0 heterocycles. The van der Waals surface area contributed by atoms with Crippen molar-refractivity contribution >= 4 is 0 Å². The van der Waals surface area contributed by atoms with Crippen LogP contribution in [0.1, 0.15) is 47.5 Å². The van der Waals surface area contributed by atoms with Gasteiger partial charge in [0.15, 0.2) is 0 Å². The Hall–Kier alpha value is -0.0800. The van der Waals surface area contributed by atoms with Gasteiger partial charge in [0.05, 0.1) is 12.2 Å². The molecule has 0 saturated carbocycles. The lowest BCUT2D eigenvalue weighted by Gasteiger charge is -2.27. The molecule has 0 aromatic carbocycles. The van der Waals surface area contributed by atoms with Crippen molar-refractivity contribution in [2.75, 3.05) is 13.2 Å². The molecule has 0 radical (unpaired) electrons. The number of hydrogen-bond acceptors (Lipinski definition) is 2. The Kier molecular flexibility index (Phi) is 4.93. The van der Waals surface area contributed by atoms with Gasteiger partial charge in [-0.2, -0.15) is 0 Å². The Labute approximate surface area is 82.3 Å². The molecule has 13 heavy (non-hydrogen) atoms. The fourth-order valence-corrected chi connectivity index (χ4v) is 1.04. The molecule has 2 heteroatoms. The summed E-state index contributed by atoms with van der Waals surface area (Å²) in [4.78, 5) is 0. The van der Waals surface area contributed by atoms with E-state index in [0.717, 1.165) is 12.8 Å². The summed E-state index contributed by atoms with van der Waals surface area (Å²) in [6, 6.07) is 0. The highest BCUT2D eigenvalue weighted by Crippen LogP contribution is 2.25. The van der Waals surface area contributed by atoms with Gasteiger partial charge >= 0.3 is 0 Å². The molecule has 80 valence electrons. The van der Waals surface area contributed by atoms with E-state index in [1.54, 1.807) is 0 Å². The SMILES string of the molecule is CCOCC(C)(O)CCC(C)(C)C. The van der Waals surface area contributed by atoms with E-state index < -0.39 is 5.60 Å². The van der Waals surface area contributed by atoms with E-state index in [1.165, 1.54) is 0 Å². The molecule has 2 nitrogen and oxygen atoms in total. The molecule has 0 saturated heterocycles. The van der Waals surface area contributed by atoms with Crippen molar-refractivity contribution in [1.29, 1.82) is 0 Å². The third-order valence-corrected chi connectivity index (χ3v) is 2.03. The van der Waals surface area contributed by atoms with Gasteiger partial charge in [0.2, 0.25) is 0 Å². The highest BCUT2D eigenvalue weighted by atomic mass is 16.5. The highest BCUT2D eigenvalue weighted by Gasteiger charge is 2.23. The molecule has 1 atom stereocenters. The van der Waals surface area contributed by atoms with Gasteiger partial charge in [-0.05, 0) is 32.1 Å². The van der Waals surface area contributed by atoms with E-state index in [2.05, 4.69) is 20.8 Å². The molecular weight excluding hydrogens is 164 g/mol.